The molecule has 72 valence electrons. The number of hydrogen-bond donors (Lipinski definition) is 0. The first kappa shape index (κ1) is 10.2. The van der Waals surface area contributed by atoms with E-state index < -0.39 is 4.92 Å². The average molecular weight is 190 g/mol. The maximum Gasteiger partial charge on any atom is 0.270 e. The molecule has 1 aromatic carbocycles. The van der Waals surface area contributed by atoms with Crippen LogP contribution in [0.2, 0.25) is 0 Å². The summed E-state index contributed by atoms with van der Waals surface area (Å²) in [5.41, 5.74) is 1.15. The molecule has 0 aromatic heterocycles. The summed E-state index contributed by atoms with van der Waals surface area (Å²) in [6, 6.07) is 4.44. The Morgan fingerprint density at radius 3 is 2.57 bits per heavy atom. The number of nitro benzene ring substituents is 1. The Labute approximate surface area is 82.1 Å². The van der Waals surface area contributed by atoms with Crippen LogP contribution in [0.15, 0.2) is 18.2 Å². The fourth-order valence-electron chi connectivity index (χ4n) is 1.24. The second-order valence-corrected chi connectivity index (χ2v) is 3.27. The van der Waals surface area contributed by atoms with Gasteiger partial charge in [0.2, 0.25) is 0 Å². The topological polar surface area (TPSA) is 47.5 Å². The highest BCUT2D eigenvalue weighted by molar-refractivity contribution is 5.55. The highest BCUT2D eigenvalue weighted by Crippen LogP contribution is 2.29. The Balaban J connectivity index is 3.33. The molecule has 0 atom stereocenters. The van der Waals surface area contributed by atoms with Crippen LogP contribution in [0.3, 0.4) is 0 Å². The van der Waals surface area contributed by atoms with E-state index in [0.717, 1.165) is 0 Å². The molecule has 4 heteroatoms. The zero-order valence-corrected chi connectivity index (χ0v) is 8.02. The minimum atomic E-state index is -0.414. The number of hydrogen-bond acceptors (Lipinski definition) is 2. The van der Waals surface area contributed by atoms with Crippen LogP contribution in [-0.4, -0.2) is 4.92 Å². The van der Waals surface area contributed by atoms with Gasteiger partial charge in [0.15, 0.2) is 5.69 Å². The zero-order valence-electron chi connectivity index (χ0n) is 8.02. The summed E-state index contributed by atoms with van der Waals surface area (Å²) >= 11 is 0. The van der Waals surface area contributed by atoms with E-state index in [-0.39, 0.29) is 11.6 Å². The van der Waals surface area contributed by atoms with Gasteiger partial charge in [-0.3, -0.25) is 10.1 Å². The van der Waals surface area contributed by atoms with Crippen molar-refractivity contribution in [3.8, 4) is 0 Å². The van der Waals surface area contributed by atoms with Gasteiger partial charge in [-0.05, 0) is 18.1 Å². The molecule has 0 saturated heterocycles. The summed E-state index contributed by atoms with van der Waals surface area (Å²) in [5, 5.41) is 10.7. The fourth-order valence-corrected chi connectivity index (χ4v) is 1.24. The van der Waals surface area contributed by atoms with Crippen LogP contribution in [0.25, 0.3) is 4.85 Å². The Morgan fingerprint density at radius 2 is 2.14 bits per heavy atom. The standard InChI is InChI=1S/C10H10N2O2/c1-7(2)9-6-8(11-3)4-5-10(9)12(13)14/h4-7H,1-2H3. The molecule has 0 amide bonds. The quantitative estimate of drug-likeness (QED) is 0.408. The number of rotatable bonds is 2. The van der Waals surface area contributed by atoms with Gasteiger partial charge in [0.1, 0.15) is 0 Å². The van der Waals surface area contributed by atoms with Crippen molar-refractivity contribution in [3.63, 3.8) is 0 Å². The third-order valence-electron chi connectivity index (χ3n) is 1.96. The van der Waals surface area contributed by atoms with Crippen molar-refractivity contribution in [1.82, 2.24) is 0 Å². The molecule has 0 spiro atoms. The van der Waals surface area contributed by atoms with Crippen LogP contribution < -0.4 is 0 Å². The van der Waals surface area contributed by atoms with Crippen LogP contribution in [0.4, 0.5) is 11.4 Å². The van der Waals surface area contributed by atoms with Gasteiger partial charge in [-0.1, -0.05) is 13.8 Å². The second kappa shape index (κ2) is 3.88. The summed E-state index contributed by atoms with van der Waals surface area (Å²) in [6.07, 6.45) is 0. The van der Waals surface area contributed by atoms with Crippen LogP contribution in [0, 0.1) is 16.7 Å². The first-order valence-electron chi connectivity index (χ1n) is 4.22. The molecular weight excluding hydrogens is 180 g/mol. The van der Waals surface area contributed by atoms with Gasteiger partial charge in [0.25, 0.3) is 5.69 Å². The van der Waals surface area contributed by atoms with E-state index in [9.17, 15) is 10.1 Å². The van der Waals surface area contributed by atoms with E-state index in [4.69, 9.17) is 6.57 Å². The summed E-state index contributed by atoms with van der Waals surface area (Å²) in [5.74, 6) is 0.0529. The van der Waals surface area contributed by atoms with Crippen LogP contribution in [0.5, 0.6) is 0 Å². The third kappa shape index (κ3) is 1.88. The molecule has 0 aliphatic heterocycles. The van der Waals surface area contributed by atoms with E-state index in [1.165, 1.54) is 12.1 Å². The molecule has 14 heavy (non-hydrogen) atoms. The molecular formula is C10H10N2O2. The first-order chi connectivity index (χ1) is 6.56. The largest absolute Gasteiger partial charge is 0.270 e. The molecule has 1 rings (SSSR count). The molecule has 4 nitrogen and oxygen atoms in total. The molecule has 0 radical (unpaired) electrons. The van der Waals surface area contributed by atoms with Crippen molar-refractivity contribution in [2.24, 2.45) is 0 Å². The molecule has 1 aromatic rings. The van der Waals surface area contributed by atoms with E-state index >= 15 is 0 Å². The molecule has 0 N–H and O–H groups in total. The lowest BCUT2D eigenvalue weighted by Gasteiger charge is -2.06. The fraction of sp³-hybridized carbons (Fsp3) is 0.300. The first-order valence-corrected chi connectivity index (χ1v) is 4.22. The highest BCUT2D eigenvalue weighted by Gasteiger charge is 2.16. The van der Waals surface area contributed by atoms with E-state index in [1.807, 2.05) is 13.8 Å². The van der Waals surface area contributed by atoms with Crippen molar-refractivity contribution in [2.45, 2.75) is 19.8 Å². The van der Waals surface area contributed by atoms with Crippen molar-refractivity contribution >= 4 is 11.4 Å². The Morgan fingerprint density at radius 1 is 1.50 bits per heavy atom. The molecule has 0 fully saturated rings. The summed E-state index contributed by atoms with van der Waals surface area (Å²) < 4.78 is 0. The molecule has 0 aliphatic rings. The SMILES string of the molecule is [C-]#[N+]c1ccc([N+](=O)[O-])c(C(C)C)c1. The number of nitro groups is 1. The predicted octanol–water partition coefficient (Wildman–Crippen LogP) is 3.27. The van der Waals surface area contributed by atoms with Gasteiger partial charge in [-0.15, -0.1) is 0 Å². The second-order valence-electron chi connectivity index (χ2n) is 3.27. The molecule has 0 unspecified atom stereocenters. The number of nitrogens with zero attached hydrogens (tertiary/aromatic N) is 2. The van der Waals surface area contributed by atoms with Crippen LogP contribution >= 0.6 is 0 Å². The van der Waals surface area contributed by atoms with E-state index in [1.54, 1.807) is 6.07 Å². The van der Waals surface area contributed by atoms with Gasteiger partial charge in [0.05, 0.1) is 11.5 Å². The van der Waals surface area contributed by atoms with Gasteiger partial charge in [0, 0.05) is 11.6 Å². The van der Waals surface area contributed by atoms with Gasteiger partial charge in [-0.25, -0.2) is 4.85 Å². The predicted molar refractivity (Wildman–Crippen MR) is 53.4 cm³/mol. The van der Waals surface area contributed by atoms with Gasteiger partial charge >= 0.3 is 0 Å². The Bertz CT molecular complexity index is 405. The highest BCUT2D eigenvalue weighted by atomic mass is 16.6. The van der Waals surface area contributed by atoms with Crippen molar-refractivity contribution in [3.05, 3.63) is 45.3 Å². The molecule has 0 aliphatic carbocycles. The molecule has 0 bridgehead atoms. The lowest BCUT2D eigenvalue weighted by atomic mass is 10.0. The maximum absolute atomic E-state index is 10.7. The summed E-state index contributed by atoms with van der Waals surface area (Å²) in [7, 11) is 0. The van der Waals surface area contributed by atoms with E-state index in [2.05, 4.69) is 4.85 Å². The lowest BCUT2D eigenvalue weighted by Crippen LogP contribution is -1.96. The normalized spacial score (nSPS) is 9.86. The van der Waals surface area contributed by atoms with Crippen molar-refractivity contribution < 1.29 is 4.92 Å². The third-order valence-corrected chi connectivity index (χ3v) is 1.96. The van der Waals surface area contributed by atoms with Crippen LogP contribution in [-0.2, 0) is 0 Å². The van der Waals surface area contributed by atoms with Crippen molar-refractivity contribution in [1.29, 1.82) is 0 Å². The monoisotopic (exact) mass is 190 g/mol. The minimum absolute atomic E-state index is 0.0529. The number of benzene rings is 1. The maximum atomic E-state index is 10.7. The summed E-state index contributed by atoms with van der Waals surface area (Å²) in [4.78, 5) is 13.5. The average Bonchev–Trinajstić information content (AvgIpc) is 2.16. The zero-order chi connectivity index (χ0) is 10.7. The van der Waals surface area contributed by atoms with Crippen molar-refractivity contribution in [2.75, 3.05) is 0 Å². The Hall–Kier alpha value is -1.89. The Kier molecular flexibility index (Phi) is 2.82. The van der Waals surface area contributed by atoms with E-state index in [0.29, 0.717) is 11.3 Å². The molecule has 0 heterocycles. The molecule has 0 saturated carbocycles. The van der Waals surface area contributed by atoms with Gasteiger partial charge < -0.3 is 0 Å². The smallest absolute Gasteiger partial charge is 0.258 e. The summed E-state index contributed by atoms with van der Waals surface area (Å²) in [6.45, 7) is 10.6. The minimum Gasteiger partial charge on any atom is -0.258 e. The van der Waals surface area contributed by atoms with Gasteiger partial charge in [-0.2, -0.15) is 0 Å². The lowest BCUT2D eigenvalue weighted by molar-refractivity contribution is -0.385. The van der Waals surface area contributed by atoms with Crippen LogP contribution in [0.1, 0.15) is 25.3 Å².